The fourth-order valence-electron chi connectivity index (χ4n) is 1.66. The van der Waals surface area contributed by atoms with Crippen molar-refractivity contribution in [2.45, 2.75) is 78.1 Å². The lowest BCUT2D eigenvalue weighted by molar-refractivity contribution is -0.134. The van der Waals surface area contributed by atoms with Gasteiger partial charge in [-0.1, -0.05) is 57.6 Å². The normalized spacial score (nSPS) is 10.3. The Balaban J connectivity index is 0. The Morgan fingerprint density at radius 1 is 0.895 bits per heavy atom. The van der Waals surface area contributed by atoms with Crippen LogP contribution in [0.4, 0.5) is 0 Å². The molecule has 0 saturated carbocycles. The van der Waals surface area contributed by atoms with Gasteiger partial charge >= 0.3 is 0 Å². The summed E-state index contributed by atoms with van der Waals surface area (Å²) in [6, 6.07) is 0. The number of hydrogen-bond donors (Lipinski definition) is 2. The molecule has 2 N–H and O–H groups in total. The van der Waals surface area contributed by atoms with Crippen molar-refractivity contribution in [3.05, 3.63) is 12.2 Å². The van der Waals surface area contributed by atoms with E-state index in [1.165, 1.54) is 51.4 Å². The van der Waals surface area contributed by atoms with Gasteiger partial charge in [0.2, 0.25) is 0 Å². The number of aliphatic carboxylic acids is 1. The van der Waals surface area contributed by atoms with Gasteiger partial charge in [-0.2, -0.15) is 0 Å². The van der Waals surface area contributed by atoms with Crippen molar-refractivity contribution in [3.63, 3.8) is 0 Å². The molecule has 0 saturated heterocycles. The highest BCUT2D eigenvalue weighted by molar-refractivity contribution is 5.62. The monoisotopic (exact) mass is 272 g/mol. The van der Waals surface area contributed by atoms with E-state index in [1.807, 2.05) is 0 Å². The van der Waals surface area contributed by atoms with Crippen LogP contribution in [0, 0.1) is 0 Å². The third-order valence-electron chi connectivity index (χ3n) is 2.67. The predicted octanol–water partition coefficient (Wildman–Crippen LogP) is 4.55. The largest absolute Gasteiger partial charge is 0.481 e. The van der Waals surface area contributed by atoms with Crippen molar-refractivity contribution >= 4 is 5.97 Å². The average molecular weight is 272 g/mol. The van der Waals surface area contributed by atoms with Gasteiger partial charge in [0.1, 0.15) is 0 Å². The van der Waals surface area contributed by atoms with Gasteiger partial charge in [0.15, 0.2) is 0 Å². The second kappa shape index (κ2) is 19.5. The second-order valence-electron chi connectivity index (χ2n) is 4.77. The Morgan fingerprint density at radius 3 is 1.79 bits per heavy atom. The lowest BCUT2D eigenvalue weighted by atomic mass is 10.1. The van der Waals surface area contributed by atoms with E-state index in [0.29, 0.717) is 6.61 Å². The number of carboxylic acid groups (broad SMARTS) is 1. The van der Waals surface area contributed by atoms with Crippen LogP contribution < -0.4 is 0 Å². The minimum absolute atomic E-state index is 0.321. The van der Waals surface area contributed by atoms with Crippen LogP contribution in [0.1, 0.15) is 78.1 Å². The van der Waals surface area contributed by atoms with Gasteiger partial charge in [0.05, 0.1) is 0 Å². The van der Waals surface area contributed by atoms with Crippen molar-refractivity contribution < 1.29 is 15.0 Å². The van der Waals surface area contributed by atoms with E-state index >= 15 is 0 Å². The molecule has 0 fully saturated rings. The lowest BCUT2D eigenvalue weighted by Gasteiger charge is -1.98. The number of aliphatic hydroxyl groups excluding tert-OH is 1. The molecule has 19 heavy (non-hydrogen) atoms. The third-order valence-corrected chi connectivity index (χ3v) is 2.67. The van der Waals surface area contributed by atoms with Crippen LogP contribution in [0.25, 0.3) is 0 Å². The molecule has 0 spiro atoms. The summed E-state index contributed by atoms with van der Waals surface area (Å²) in [5.41, 5.74) is 0. The Kier molecular flexibility index (Phi) is 21.0. The first kappa shape index (κ1) is 20.5. The summed E-state index contributed by atoms with van der Waals surface area (Å²) in [5.74, 6) is -0.833. The van der Waals surface area contributed by atoms with Crippen molar-refractivity contribution in [3.8, 4) is 0 Å². The minimum atomic E-state index is -0.833. The van der Waals surface area contributed by atoms with Crippen molar-refractivity contribution in [1.29, 1.82) is 0 Å². The quantitative estimate of drug-likeness (QED) is 0.428. The fraction of sp³-hybridized carbons (Fsp3) is 0.812. The topological polar surface area (TPSA) is 57.5 Å². The summed E-state index contributed by atoms with van der Waals surface area (Å²) in [7, 11) is 0. The summed E-state index contributed by atoms with van der Waals surface area (Å²) in [6.07, 6.45) is 17.3. The minimum Gasteiger partial charge on any atom is -0.481 e. The van der Waals surface area contributed by atoms with Gasteiger partial charge in [0.25, 0.3) is 5.97 Å². The molecule has 114 valence electrons. The lowest BCUT2D eigenvalue weighted by Crippen LogP contribution is -1.80. The van der Waals surface area contributed by atoms with Crippen molar-refractivity contribution in [1.82, 2.24) is 0 Å². The number of rotatable bonds is 11. The fourth-order valence-corrected chi connectivity index (χ4v) is 1.66. The van der Waals surface area contributed by atoms with E-state index in [0.717, 1.165) is 19.8 Å². The van der Waals surface area contributed by atoms with E-state index in [1.54, 1.807) is 0 Å². The number of aliphatic hydroxyl groups is 1. The molecule has 0 aromatic carbocycles. The van der Waals surface area contributed by atoms with Crippen LogP contribution in [0.5, 0.6) is 0 Å². The first-order chi connectivity index (χ1) is 9.15. The zero-order valence-electron chi connectivity index (χ0n) is 12.7. The van der Waals surface area contributed by atoms with E-state index in [-0.39, 0.29) is 0 Å². The molecule has 0 aromatic rings. The highest BCUT2D eigenvalue weighted by Gasteiger charge is 1.89. The van der Waals surface area contributed by atoms with E-state index in [4.69, 9.17) is 15.0 Å². The molecule has 0 aromatic heterocycles. The van der Waals surface area contributed by atoms with Crippen LogP contribution >= 0.6 is 0 Å². The van der Waals surface area contributed by atoms with Gasteiger partial charge in [-0.3, -0.25) is 4.79 Å². The van der Waals surface area contributed by atoms with Gasteiger partial charge in [-0.05, 0) is 25.7 Å². The molecule has 3 heteroatoms. The molecule has 0 aliphatic heterocycles. The number of carboxylic acids is 1. The third kappa shape index (κ3) is 31.7. The van der Waals surface area contributed by atoms with Gasteiger partial charge in [0, 0.05) is 13.5 Å². The summed E-state index contributed by atoms with van der Waals surface area (Å²) in [6.45, 7) is 3.67. The Bertz CT molecular complexity index is 196. The first-order valence-electron chi connectivity index (χ1n) is 7.60. The molecule has 3 nitrogen and oxygen atoms in total. The van der Waals surface area contributed by atoms with Crippen molar-refractivity contribution in [2.24, 2.45) is 0 Å². The standard InChI is InChI=1S/C14H28O.C2H4O2/c1-2-3-4-5-6-7-8-9-10-11-12-13-14-15;1-2(3)4/h10-11,15H,2-9,12-14H2,1H3;1H3,(H,3,4). The molecule has 0 rings (SSSR count). The maximum Gasteiger partial charge on any atom is 0.300 e. The first-order valence-corrected chi connectivity index (χ1v) is 7.60. The number of hydrogen-bond acceptors (Lipinski definition) is 2. The van der Waals surface area contributed by atoms with Crippen LogP contribution in [-0.4, -0.2) is 22.8 Å². The predicted molar refractivity (Wildman–Crippen MR) is 81.4 cm³/mol. The van der Waals surface area contributed by atoms with Gasteiger partial charge in [-0.15, -0.1) is 0 Å². The molecule has 0 unspecified atom stereocenters. The molecule has 0 amide bonds. The van der Waals surface area contributed by atoms with Crippen LogP contribution in [0.3, 0.4) is 0 Å². The summed E-state index contributed by atoms with van der Waals surface area (Å²) in [4.78, 5) is 9.00. The highest BCUT2D eigenvalue weighted by atomic mass is 16.4. The molecular formula is C16H32O3. The number of carbonyl (C=O) groups is 1. The number of allylic oxidation sites excluding steroid dienone is 2. The molecule has 0 bridgehead atoms. The van der Waals surface area contributed by atoms with E-state index in [9.17, 15) is 0 Å². The van der Waals surface area contributed by atoms with E-state index < -0.39 is 5.97 Å². The molecule has 0 radical (unpaired) electrons. The highest BCUT2D eigenvalue weighted by Crippen LogP contribution is 2.08. The molecular weight excluding hydrogens is 240 g/mol. The van der Waals surface area contributed by atoms with Crippen LogP contribution in [-0.2, 0) is 4.79 Å². The van der Waals surface area contributed by atoms with Gasteiger partial charge in [-0.25, -0.2) is 0 Å². The smallest absolute Gasteiger partial charge is 0.300 e. The van der Waals surface area contributed by atoms with E-state index in [2.05, 4.69) is 19.1 Å². The molecule has 0 heterocycles. The number of unbranched alkanes of at least 4 members (excludes halogenated alkanes) is 8. The summed E-state index contributed by atoms with van der Waals surface area (Å²) in [5, 5.41) is 16.0. The average Bonchev–Trinajstić information content (AvgIpc) is 2.35. The van der Waals surface area contributed by atoms with Crippen molar-refractivity contribution in [2.75, 3.05) is 6.61 Å². The summed E-state index contributed by atoms with van der Waals surface area (Å²) >= 11 is 0. The Hall–Kier alpha value is -0.830. The summed E-state index contributed by atoms with van der Waals surface area (Å²) < 4.78 is 0. The van der Waals surface area contributed by atoms with Crippen LogP contribution in [0.2, 0.25) is 0 Å². The SMILES string of the molecule is CC(=O)O.CCCCCCCCCC=CCCCO. The molecule has 0 atom stereocenters. The Labute approximate surface area is 118 Å². The Morgan fingerprint density at radius 2 is 1.32 bits per heavy atom. The van der Waals surface area contributed by atoms with Gasteiger partial charge < -0.3 is 10.2 Å². The second-order valence-corrected chi connectivity index (χ2v) is 4.77. The molecule has 0 aliphatic carbocycles. The maximum atomic E-state index is 9.00. The molecule has 0 aliphatic rings. The zero-order valence-corrected chi connectivity index (χ0v) is 12.7. The van der Waals surface area contributed by atoms with Crippen LogP contribution in [0.15, 0.2) is 12.2 Å². The zero-order chi connectivity index (χ0) is 14.8. The maximum absolute atomic E-state index is 9.00.